The zero-order chi connectivity index (χ0) is 45.4. The zero-order valence-corrected chi connectivity index (χ0v) is 33.1. The maximum atomic E-state index is 13.4. The van der Waals surface area contributed by atoms with Gasteiger partial charge in [0, 0.05) is 12.1 Å². The standard InChI is InChI=1S/C39H50O23/c1-14-27(46)30(49)33(52)36(56-14)62-35-32(51)29(48)23(13-55-25(45)11-39(2,54)10-24(43)44)61-38(35)58-17-7-18(41)26-19(42)9-20(59-21(26)8-17)15-3-5-16(6-4-15)57-37-34(53)31(50)28(47)22(12-40)60-37/h3-8,14,20,22-23,27-38,40-41,46-54H,9-13H2,1-2H3,(H,43,44)/t14-,20-,22+,23+,27-,28+,29+,30+,31-,32-,33+,34+,35+,36-,37+,38+,39?/m0/s1. The largest absolute Gasteiger partial charge is 0.507 e. The van der Waals surface area contributed by atoms with Gasteiger partial charge in [-0.25, -0.2) is 0 Å². The summed E-state index contributed by atoms with van der Waals surface area (Å²) in [6, 6.07) is 8.13. The highest BCUT2D eigenvalue weighted by Crippen LogP contribution is 2.43. The topological polar surface area (TPSA) is 368 Å². The number of phenols is 1. The molecule has 12 N–H and O–H groups in total. The number of fused-ring (bicyclic) bond motifs is 1. The third kappa shape index (κ3) is 10.4. The molecule has 0 aliphatic carbocycles. The maximum absolute atomic E-state index is 13.4. The number of carbonyl (C=O) groups excluding carboxylic acids is 2. The monoisotopic (exact) mass is 886 g/mol. The van der Waals surface area contributed by atoms with Crippen LogP contribution in [-0.2, 0) is 33.3 Å². The number of carboxylic acids is 1. The van der Waals surface area contributed by atoms with Crippen molar-refractivity contribution in [2.24, 2.45) is 0 Å². The smallest absolute Gasteiger partial charge is 0.308 e. The van der Waals surface area contributed by atoms with E-state index >= 15 is 0 Å². The van der Waals surface area contributed by atoms with Crippen LogP contribution in [0.3, 0.4) is 0 Å². The van der Waals surface area contributed by atoms with Gasteiger partial charge in [0.1, 0.15) is 102 Å². The molecule has 4 aliphatic rings. The van der Waals surface area contributed by atoms with Crippen molar-refractivity contribution in [3.63, 3.8) is 0 Å². The van der Waals surface area contributed by atoms with Crippen LogP contribution in [0.15, 0.2) is 36.4 Å². The number of rotatable bonds is 14. The van der Waals surface area contributed by atoms with Crippen molar-refractivity contribution in [3.05, 3.63) is 47.5 Å². The molecule has 62 heavy (non-hydrogen) atoms. The predicted octanol–water partition coefficient (Wildman–Crippen LogP) is -3.53. The summed E-state index contributed by atoms with van der Waals surface area (Å²) in [7, 11) is 0. The van der Waals surface area contributed by atoms with E-state index in [0.29, 0.717) is 5.56 Å². The Hall–Kier alpha value is -4.31. The Kier molecular flexibility index (Phi) is 14.6. The number of Topliss-reactive ketones (excluding diaryl/α,β-unsaturated/α-hetero) is 1. The Labute approximate surface area is 351 Å². The number of hydrogen-bond acceptors (Lipinski definition) is 22. The van der Waals surface area contributed by atoms with Gasteiger partial charge in [-0.3, -0.25) is 14.4 Å². The normalized spacial score (nSPS) is 37.0. The Morgan fingerprint density at radius 3 is 2.03 bits per heavy atom. The van der Waals surface area contributed by atoms with Crippen molar-refractivity contribution in [2.45, 2.75) is 137 Å². The van der Waals surface area contributed by atoms with Gasteiger partial charge in [-0.05, 0) is 31.5 Å². The molecule has 23 nitrogen and oxygen atoms in total. The maximum Gasteiger partial charge on any atom is 0.308 e. The van der Waals surface area contributed by atoms with Crippen LogP contribution >= 0.6 is 0 Å². The van der Waals surface area contributed by atoms with Crippen molar-refractivity contribution in [2.75, 3.05) is 13.2 Å². The Morgan fingerprint density at radius 1 is 0.758 bits per heavy atom. The lowest BCUT2D eigenvalue weighted by Gasteiger charge is -2.45. The van der Waals surface area contributed by atoms with Crippen LogP contribution < -0.4 is 14.2 Å². The fourth-order valence-electron chi connectivity index (χ4n) is 7.35. The van der Waals surface area contributed by atoms with Gasteiger partial charge in [-0.2, -0.15) is 0 Å². The van der Waals surface area contributed by atoms with Gasteiger partial charge in [-0.15, -0.1) is 0 Å². The highest BCUT2D eigenvalue weighted by atomic mass is 16.8. The molecule has 6 rings (SSSR count). The molecule has 4 aliphatic heterocycles. The van der Waals surface area contributed by atoms with Gasteiger partial charge < -0.3 is 99.2 Å². The van der Waals surface area contributed by atoms with Crippen LogP contribution in [0, 0.1) is 0 Å². The lowest BCUT2D eigenvalue weighted by Crippen LogP contribution is -2.64. The molecule has 1 unspecified atom stereocenters. The van der Waals surface area contributed by atoms with E-state index in [0.717, 1.165) is 13.0 Å². The van der Waals surface area contributed by atoms with Gasteiger partial charge in [0.2, 0.25) is 12.6 Å². The number of hydrogen-bond donors (Lipinski definition) is 12. The summed E-state index contributed by atoms with van der Waals surface area (Å²) in [6.07, 6.45) is -27.5. The molecule has 2 aromatic rings. The lowest BCUT2D eigenvalue weighted by molar-refractivity contribution is -0.354. The summed E-state index contributed by atoms with van der Waals surface area (Å²) < 4.78 is 45.4. The van der Waals surface area contributed by atoms with E-state index in [2.05, 4.69) is 0 Å². The number of carboxylic acid groups (broad SMARTS) is 1. The van der Waals surface area contributed by atoms with Crippen molar-refractivity contribution in [3.8, 4) is 23.0 Å². The number of ether oxygens (including phenoxy) is 8. The molecule has 0 saturated carbocycles. The van der Waals surface area contributed by atoms with E-state index in [4.69, 9.17) is 43.0 Å². The number of aliphatic hydroxyl groups excluding tert-OH is 9. The molecule has 4 heterocycles. The van der Waals surface area contributed by atoms with Gasteiger partial charge in [-0.1, -0.05) is 12.1 Å². The molecule has 344 valence electrons. The summed E-state index contributed by atoms with van der Waals surface area (Å²) in [5, 5.41) is 124. The Balaban J connectivity index is 1.20. The molecule has 2 aromatic carbocycles. The summed E-state index contributed by atoms with van der Waals surface area (Å²) in [4.78, 5) is 37.0. The molecule has 23 heteroatoms. The van der Waals surface area contributed by atoms with Crippen LogP contribution in [0.5, 0.6) is 23.0 Å². The Morgan fingerprint density at radius 2 is 1.37 bits per heavy atom. The Bertz CT molecular complexity index is 1890. The number of aromatic hydroxyl groups is 1. The summed E-state index contributed by atoms with van der Waals surface area (Å²) in [5.74, 6) is -3.93. The molecular weight excluding hydrogens is 836 g/mol. The molecule has 0 amide bonds. The molecule has 0 radical (unpaired) electrons. The number of phenolic OH excluding ortho intramolecular Hbond substituents is 1. The van der Waals surface area contributed by atoms with E-state index in [9.17, 15) is 70.6 Å². The zero-order valence-electron chi connectivity index (χ0n) is 33.1. The highest BCUT2D eigenvalue weighted by molar-refractivity contribution is 6.02. The fraction of sp³-hybridized carbons (Fsp3) is 0.615. The molecule has 0 spiro atoms. The first kappa shape index (κ1) is 47.2. The molecule has 0 bridgehead atoms. The van der Waals surface area contributed by atoms with Crippen molar-refractivity contribution < 1.29 is 114 Å². The number of aliphatic carboxylic acids is 1. The van der Waals surface area contributed by atoms with Crippen molar-refractivity contribution >= 4 is 17.7 Å². The summed E-state index contributed by atoms with van der Waals surface area (Å²) in [5.41, 5.74) is -1.78. The second kappa shape index (κ2) is 19.2. The number of ketones is 1. The van der Waals surface area contributed by atoms with Crippen LogP contribution in [0.1, 0.15) is 55.1 Å². The van der Waals surface area contributed by atoms with Gasteiger partial charge >= 0.3 is 11.9 Å². The average Bonchev–Trinajstić information content (AvgIpc) is 3.20. The van der Waals surface area contributed by atoms with Crippen LogP contribution in [-0.4, -0.2) is 190 Å². The molecular formula is C39H50O23. The molecule has 3 fully saturated rings. The van der Waals surface area contributed by atoms with E-state index in [1.807, 2.05) is 0 Å². The third-order valence-electron chi connectivity index (χ3n) is 10.8. The number of aliphatic hydroxyl groups is 10. The second-order valence-corrected chi connectivity index (χ2v) is 15.8. The molecule has 17 atom stereocenters. The van der Waals surface area contributed by atoms with E-state index < -0.39 is 153 Å². The first-order valence-corrected chi connectivity index (χ1v) is 19.4. The first-order valence-electron chi connectivity index (χ1n) is 19.4. The lowest BCUT2D eigenvalue weighted by atomic mass is 9.95. The second-order valence-electron chi connectivity index (χ2n) is 15.8. The third-order valence-corrected chi connectivity index (χ3v) is 10.8. The minimum atomic E-state index is -2.00. The van der Waals surface area contributed by atoms with Gasteiger partial charge in [0.15, 0.2) is 18.2 Å². The van der Waals surface area contributed by atoms with Gasteiger partial charge in [0.25, 0.3) is 0 Å². The van der Waals surface area contributed by atoms with Crippen LogP contribution in [0.2, 0.25) is 0 Å². The SMILES string of the molecule is C[C@@H]1O[C@@H](O[C@H]2[C@H](Oc3cc(O)c4c(c3)O[C@H](c3ccc(O[C@@H]5O[C@H](CO)[C@@H](O)[C@H](O)[C@H]5O)cc3)CC4=O)O[C@H](COC(=O)CC(C)(O)CC(=O)O)[C@@H](O)[C@@H]2O)[C@H](O)[C@H](O)[C@H]1O. The average molecular weight is 887 g/mol. The molecule has 0 aromatic heterocycles. The van der Waals surface area contributed by atoms with Crippen LogP contribution in [0.25, 0.3) is 0 Å². The minimum Gasteiger partial charge on any atom is -0.507 e. The first-order chi connectivity index (χ1) is 29.2. The molecule has 3 saturated heterocycles. The van der Waals surface area contributed by atoms with Crippen LogP contribution in [0.4, 0.5) is 0 Å². The predicted molar refractivity (Wildman–Crippen MR) is 198 cm³/mol. The van der Waals surface area contributed by atoms with E-state index in [1.54, 1.807) is 0 Å². The fourth-order valence-corrected chi connectivity index (χ4v) is 7.35. The van der Waals surface area contributed by atoms with Gasteiger partial charge in [0.05, 0.1) is 37.6 Å². The summed E-state index contributed by atoms with van der Waals surface area (Å²) in [6.45, 7) is 1.02. The van der Waals surface area contributed by atoms with E-state index in [-0.39, 0.29) is 29.2 Å². The number of carbonyl (C=O) groups is 3. The van der Waals surface area contributed by atoms with Crippen molar-refractivity contribution in [1.29, 1.82) is 0 Å². The summed E-state index contributed by atoms with van der Waals surface area (Å²) >= 11 is 0. The minimum absolute atomic E-state index is 0.134. The quantitative estimate of drug-likeness (QED) is 0.0818. The number of benzene rings is 2. The highest BCUT2D eigenvalue weighted by Gasteiger charge is 2.52. The number of esters is 1. The van der Waals surface area contributed by atoms with Crippen molar-refractivity contribution in [1.82, 2.24) is 0 Å². The van der Waals surface area contributed by atoms with E-state index in [1.165, 1.54) is 37.3 Å².